The van der Waals surface area contributed by atoms with Gasteiger partial charge in [0.05, 0.1) is 16.8 Å². The minimum Gasteiger partial charge on any atom is -0.454 e. The summed E-state index contributed by atoms with van der Waals surface area (Å²) in [5, 5.41) is 4.36. The van der Waals surface area contributed by atoms with Gasteiger partial charge in [0.2, 0.25) is 6.79 Å². The fourth-order valence-electron chi connectivity index (χ4n) is 3.26. The molecule has 3 aromatic rings. The number of nitrogens with zero attached hydrogens (tertiary/aromatic N) is 2. The van der Waals surface area contributed by atoms with Crippen molar-refractivity contribution in [1.29, 1.82) is 0 Å². The number of hydrogen-bond acceptors (Lipinski definition) is 6. The molecule has 0 aromatic heterocycles. The maximum absolute atomic E-state index is 13.4. The van der Waals surface area contributed by atoms with Gasteiger partial charge in [-0.1, -0.05) is 35.9 Å². The first-order valence-electron chi connectivity index (χ1n) is 10.0. The SMILES string of the molecule is Cc1c(Cl)cccc1N(CC(=O)N/N=C/c1cc2c(cc1Br)OCO2)S(=O)(=O)c1ccccc1. The van der Waals surface area contributed by atoms with Crippen molar-refractivity contribution < 1.29 is 22.7 Å². The monoisotopic (exact) mass is 563 g/mol. The minimum absolute atomic E-state index is 0.0509. The number of ether oxygens (including phenoxy) is 2. The van der Waals surface area contributed by atoms with Gasteiger partial charge in [-0.3, -0.25) is 9.10 Å². The minimum atomic E-state index is -4.06. The zero-order chi connectivity index (χ0) is 24.3. The number of carbonyl (C=O) groups excluding carboxylic acids is 1. The van der Waals surface area contributed by atoms with Crippen LogP contribution in [0.3, 0.4) is 0 Å². The summed E-state index contributed by atoms with van der Waals surface area (Å²) < 4.78 is 39.2. The Labute approximate surface area is 210 Å². The van der Waals surface area contributed by atoms with Crippen LogP contribution in [-0.2, 0) is 14.8 Å². The molecule has 0 unspecified atom stereocenters. The Morgan fingerprint density at radius 1 is 1.15 bits per heavy atom. The first kappa shape index (κ1) is 24.1. The molecule has 0 saturated heterocycles. The Balaban J connectivity index is 1.58. The molecule has 1 aliphatic rings. The number of carbonyl (C=O) groups is 1. The van der Waals surface area contributed by atoms with E-state index in [-0.39, 0.29) is 11.7 Å². The van der Waals surface area contributed by atoms with Gasteiger partial charge < -0.3 is 9.47 Å². The van der Waals surface area contributed by atoms with Crippen molar-refractivity contribution in [1.82, 2.24) is 5.43 Å². The molecule has 0 spiro atoms. The highest BCUT2D eigenvalue weighted by Gasteiger charge is 2.28. The lowest BCUT2D eigenvalue weighted by atomic mass is 10.2. The van der Waals surface area contributed by atoms with Crippen LogP contribution in [0.25, 0.3) is 0 Å². The smallest absolute Gasteiger partial charge is 0.264 e. The molecule has 0 radical (unpaired) electrons. The number of hydrazone groups is 1. The summed E-state index contributed by atoms with van der Waals surface area (Å²) in [6.45, 7) is 1.32. The van der Waals surface area contributed by atoms with Gasteiger partial charge in [-0.05, 0) is 64.8 Å². The van der Waals surface area contributed by atoms with E-state index in [9.17, 15) is 13.2 Å². The first-order chi connectivity index (χ1) is 16.3. The summed E-state index contributed by atoms with van der Waals surface area (Å²) in [4.78, 5) is 12.8. The molecule has 0 bridgehead atoms. The average molecular weight is 565 g/mol. The van der Waals surface area contributed by atoms with Crippen LogP contribution < -0.4 is 19.2 Å². The molecule has 1 heterocycles. The lowest BCUT2D eigenvalue weighted by Gasteiger charge is -2.25. The summed E-state index contributed by atoms with van der Waals surface area (Å²) in [5.74, 6) is 0.534. The van der Waals surface area contributed by atoms with Crippen LogP contribution in [0.2, 0.25) is 5.02 Å². The van der Waals surface area contributed by atoms with Gasteiger partial charge in [-0.2, -0.15) is 5.10 Å². The van der Waals surface area contributed by atoms with E-state index < -0.39 is 22.5 Å². The van der Waals surface area contributed by atoms with Gasteiger partial charge in [0.15, 0.2) is 11.5 Å². The predicted molar refractivity (Wildman–Crippen MR) is 133 cm³/mol. The fraction of sp³-hybridized carbons (Fsp3) is 0.130. The number of rotatable bonds is 7. The highest BCUT2D eigenvalue weighted by Crippen LogP contribution is 2.36. The summed E-state index contributed by atoms with van der Waals surface area (Å²) in [7, 11) is -4.06. The lowest BCUT2D eigenvalue weighted by Crippen LogP contribution is -2.40. The van der Waals surface area contributed by atoms with Crippen molar-refractivity contribution in [3.05, 3.63) is 81.3 Å². The van der Waals surface area contributed by atoms with E-state index in [2.05, 4.69) is 26.5 Å². The highest BCUT2D eigenvalue weighted by atomic mass is 79.9. The number of nitrogens with one attached hydrogen (secondary N) is 1. The summed E-state index contributed by atoms with van der Waals surface area (Å²) in [5.41, 5.74) is 3.86. The van der Waals surface area contributed by atoms with Crippen LogP contribution in [0.5, 0.6) is 11.5 Å². The second-order valence-electron chi connectivity index (χ2n) is 7.23. The first-order valence-corrected chi connectivity index (χ1v) is 12.6. The molecule has 0 fully saturated rings. The van der Waals surface area contributed by atoms with Crippen LogP contribution >= 0.6 is 27.5 Å². The molecule has 3 aromatic carbocycles. The molecular formula is C23H19BrClN3O5S. The average Bonchev–Trinajstić information content (AvgIpc) is 3.27. The summed E-state index contributed by atoms with van der Waals surface area (Å²) >= 11 is 9.64. The standard InChI is InChI=1S/C23H19BrClN3O5S/c1-15-19(25)8-5-9-20(15)28(34(30,31)17-6-3-2-4-7-17)13-23(29)27-26-12-16-10-21-22(11-18(16)24)33-14-32-21/h2-12H,13-14H2,1H3,(H,27,29)/b26-12+. The zero-order valence-electron chi connectivity index (χ0n) is 17.9. The normalized spacial score (nSPS) is 12.7. The number of benzene rings is 3. The molecule has 1 aliphatic heterocycles. The number of amides is 1. The van der Waals surface area contributed by atoms with Crippen molar-refractivity contribution >= 4 is 55.4 Å². The molecule has 0 aliphatic carbocycles. The van der Waals surface area contributed by atoms with Gasteiger partial charge in [-0.25, -0.2) is 13.8 Å². The van der Waals surface area contributed by atoms with E-state index in [0.29, 0.717) is 37.8 Å². The van der Waals surface area contributed by atoms with Crippen LogP contribution in [0.4, 0.5) is 5.69 Å². The third kappa shape index (κ3) is 5.03. The number of sulfonamides is 1. The number of anilines is 1. The van der Waals surface area contributed by atoms with Crippen LogP contribution in [0, 0.1) is 6.92 Å². The number of hydrogen-bond donors (Lipinski definition) is 1. The largest absolute Gasteiger partial charge is 0.454 e. The molecule has 1 N–H and O–H groups in total. The van der Waals surface area contributed by atoms with Crippen molar-refractivity contribution in [2.45, 2.75) is 11.8 Å². The van der Waals surface area contributed by atoms with Crippen molar-refractivity contribution in [2.75, 3.05) is 17.6 Å². The van der Waals surface area contributed by atoms with Gasteiger partial charge >= 0.3 is 0 Å². The van der Waals surface area contributed by atoms with Crippen molar-refractivity contribution in [3.8, 4) is 11.5 Å². The van der Waals surface area contributed by atoms with Crippen molar-refractivity contribution in [3.63, 3.8) is 0 Å². The van der Waals surface area contributed by atoms with Crippen LogP contribution in [0.15, 0.2) is 75.1 Å². The second-order valence-corrected chi connectivity index (χ2v) is 10.4. The maximum Gasteiger partial charge on any atom is 0.264 e. The third-order valence-electron chi connectivity index (χ3n) is 5.01. The molecule has 8 nitrogen and oxygen atoms in total. The van der Waals surface area contributed by atoms with Crippen molar-refractivity contribution in [2.24, 2.45) is 5.10 Å². The van der Waals surface area contributed by atoms with Gasteiger partial charge in [0.1, 0.15) is 6.54 Å². The Morgan fingerprint density at radius 2 is 1.85 bits per heavy atom. The lowest BCUT2D eigenvalue weighted by molar-refractivity contribution is -0.119. The van der Waals surface area contributed by atoms with E-state index in [0.717, 1.165) is 4.31 Å². The summed E-state index contributed by atoms with van der Waals surface area (Å²) in [6, 6.07) is 16.2. The molecular weight excluding hydrogens is 546 g/mol. The fourth-order valence-corrected chi connectivity index (χ4v) is 5.35. The Hall–Kier alpha value is -3.08. The second kappa shape index (κ2) is 10.0. The third-order valence-corrected chi connectivity index (χ3v) is 7.88. The topological polar surface area (TPSA) is 97.3 Å². The number of fused-ring (bicyclic) bond motifs is 1. The quantitative estimate of drug-likeness (QED) is 0.337. The van der Waals surface area contributed by atoms with Crippen LogP contribution in [-0.4, -0.2) is 33.9 Å². The van der Waals surface area contributed by atoms with E-state index in [1.165, 1.54) is 18.3 Å². The van der Waals surface area contributed by atoms with E-state index in [1.54, 1.807) is 55.5 Å². The zero-order valence-corrected chi connectivity index (χ0v) is 21.0. The Bertz CT molecular complexity index is 1370. The molecule has 0 saturated carbocycles. The van der Waals surface area contributed by atoms with Gasteiger partial charge in [0.25, 0.3) is 15.9 Å². The molecule has 4 rings (SSSR count). The Morgan fingerprint density at radius 3 is 2.59 bits per heavy atom. The van der Waals surface area contributed by atoms with E-state index >= 15 is 0 Å². The molecule has 176 valence electrons. The predicted octanol–water partition coefficient (Wildman–Crippen LogP) is 4.49. The van der Waals surface area contributed by atoms with E-state index in [1.807, 2.05) is 0 Å². The molecule has 11 heteroatoms. The summed E-state index contributed by atoms with van der Waals surface area (Å²) in [6.07, 6.45) is 1.42. The van der Waals surface area contributed by atoms with Gasteiger partial charge in [0, 0.05) is 15.1 Å². The highest BCUT2D eigenvalue weighted by molar-refractivity contribution is 9.10. The molecule has 34 heavy (non-hydrogen) atoms. The Kier molecular flexibility index (Phi) is 7.11. The maximum atomic E-state index is 13.4. The number of halogens is 2. The molecule has 0 atom stereocenters. The van der Waals surface area contributed by atoms with Crippen LogP contribution in [0.1, 0.15) is 11.1 Å². The van der Waals surface area contributed by atoms with E-state index in [4.69, 9.17) is 21.1 Å². The van der Waals surface area contributed by atoms with Gasteiger partial charge in [-0.15, -0.1) is 0 Å². The molecule has 1 amide bonds.